The van der Waals surface area contributed by atoms with Crippen LogP contribution < -0.4 is 9.47 Å². The molecular formula is C14H9F3O4. The standard InChI is InChI=1S/C14H9F3O4/c15-14(16,17)21-12-7-5-11(6-8-12)20-10-3-1-9(2-4-10)13(18)19/h1-8H,(H,18,19). The molecule has 0 saturated carbocycles. The Bertz CT molecular complexity index is 618. The number of benzene rings is 2. The zero-order chi connectivity index (χ0) is 15.5. The maximum atomic E-state index is 12.0. The molecule has 0 heterocycles. The maximum absolute atomic E-state index is 12.0. The summed E-state index contributed by atoms with van der Waals surface area (Å²) in [6, 6.07) is 10.5. The number of alkyl halides is 3. The SMILES string of the molecule is O=C(O)c1ccc(Oc2ccc(OC(F)(F)F)cc2)cc1. The van der Waals surface area contributed by atoms with Crippen molar-refractivity contribution in [2.75, 3.05) is 0 Å². The second-order valence-electron chi connectivity index (χ2n) is 3.95. The van der Waals surface area contributed by atoms with Gasteiger partial charge in [-0.15, -0.1) is 13.2 Å². The van der Waals surface area contributed by atoms with E-state index in [9.17, 15) is 18.0 Å². The summed E-state index contributed by atoms with van der Waals surface area (Å²) in [6.45, 7) is 0. The zero-order valence-electron chi connectivity index (χ0n) is 10.4. The quantitative estimate of drug-likeness (QED) is 0.924. The van der Waals surface area contributed by atoms with Gasteiger partial charge in [-0.1, -0.05) is 0 Å². The van der Waals surface area contributed by atoms with Crippen molar-refractivity contribution in [2.45, 2.75) is 6.36 Å². The highest BCUT2D eigenvalue weighted by atomic mass is 19.4. The summed E-state index contributed by atoms with van der Waals surface area (Å²) in [4.78, 5) is 10.7. The molecule has 0 aromatic heterocycles. The minimum Gasteiger partial charge on any atom is -0.478 e. The van der Waals surface area contributed by atoms with E-state index in [1.165, 1.54) is 36.4 Å². The van der Waals surface area contributed by atoms with Crippen LogP contribution in [0.4, 0.5) is 13.2 Å². The van der Waals surface area contributed by atoms with Gasteiger partial charge in [0.1, 0.15) is 17.2 Å². The average molecular weight is 298 g/mol. The topological polar surface area (TPSA) is 55.8 Å². The molecule has 0 spiro atoms. The van der Waals surface area contributed by atoms with Crippen molar-refractivity contribution in [3.63, 3.8) is 0 Å². The molecule has 2 rings (SSSR count). The van der Waals surface area contributed by atoms with Crippen LogP contribution in [-0.2, 0) is 0 Å². The number of hydrogen-bond acceptors (Lipinski definition) is 3. The van der Waals surface area contributed by atoms with Crippen molar-refractivity contribution in [3.8, 4) is 17.2 Å². The first-order valence-corrected chi connectivity index (χ1v) is 5.70. The Labute approximate surface area is 117 Å². The molecule has 0 bridgehead atoms. The first-order valence-electron chi connectivity index (χ1n) is 5.70. The van der Waals surface area contributed by atoms with Crippen LogP contribution in [0.25, 0.3) is 0 Å². The summed E-state index contributed by atoms with van der Waals surface area (Å²) < 4.78 is 45.1. The summed E-state index contributed by atoms with van der Waals surface area (Å²) in [5, 5.41) is 8.74. The van der Waals surface area contributed by atoms with Gasteiger partial charge in [0.2, 0.25) is 0 Å². The lowest BCUT2D eigenvalue weighted by Gasteiger charge is -2.10. The molecule has 0 radical (unpaired) electrons. The fourth-order valence-electron chi connectivity index (χ4n) is 1.51. The highest BCUT2D eigenvalue weighted by Crippen LogP contribution is 2.27. The molecule has 0 fully saturated rings. The first-order chi connectivity index (χ1) is 9.83. The highest BCUT2D eigenvalue weighted by Gasteiger charge is 2.30. The van der Waals surface area contributed by atoms with E-state index in [2.05, 4.69) is 4.74 Å². The third kappa shape index (κ3) is 4.41. The number of carbonyl (C=O) groups is 1. The Kier molecular flexibility index (Phi) is 4.02. The van der Waals surface area contributed by atoms with E-state index in [0.29, 0.717) is 11.5 Å². The van der Waals surface area contributed by atoms with E-state index in [1.54, 1.807) is 0 Å². The van der Waals surface area contributed by atoms with Gasteiger partial charge in [-0.2, -0.15) is 0 Å². The van der Waals surface area contributed by atoms with Crippen LogP contribution >= 0.6 is 0 Å². The van der Waals surface area contributed by atoms with Gasteiger partial charge in [0, 0.05) is 0 Å². The second kappa shape index (κ2) is 5.74. The van der Waals surface area contributed by atoms with E-state index >= 15 is 0 Å². The summed E-state index contributed by atoms with van der Waals surface area (Å²) in [7, 11) is 0. The minimum absolute atomic E-state index is 0.108. The monoisotopic (exact) mass is 298 g/mol. The molecule has 0 amide bonds. The fraction of sp³-hybridized carbons (Fsp3) is 0.0714. The predicted octanol–water partition coefficient (Wildman–Crippen LogP) is 4.08. The Morgan fingerprint density at radius 3 is 1.71 bits per heavy atom. The molecule has 0 aliphatic heterocycles. The number of halogens is 3. The molecule has 0 saturated heterocycles. The number of aromatic carboxylic acids is 1. The molecule has 1 N–H and O–H groups in total. The molecular weight excluding hydrogens is 289 g/mol. The van der Waals surface area contributed by atoms with Crippen molar-refractivity contribution in [1.29, 1.82) is 0 Å². The van der Waals surface area contributed by atoms with Crippen LogP contribution in [0.3, 0.4) is 0 Å². The fourth-order valence-corrected chi connectivity index (χ4v) is 1.51. The van der Waals surface area contributed by atoms with E-state index in [0.717, 1.165) is 12.1 Å². The van der Waals surface area contributed by atoms with Crippen LogP contribution in [-0.4, -0.2) is 17.4 Å². The number of carboxylic acid groups (broad SMARTS) is 1. The minimum atomic E-state index is -4.74. The molecule has 4 nitrogen and oxygen atoms in total. The molecule has 2 aromatic carbocycles. The number of rotatable bonds is 4. The van der Waals surface area contributed by atoms with Gasteiger partial charge in [0.25, 0.3) is 0 Å². The second-order valence-corrected chi connectivity index (χ2v) is 3.95. The lowest BCUT2D eigenvalue weighted by Crippen LogP contribution is -2.16. The van der Waals surface area contributed by atoms with Crippen LogP contribution in [0, 0.1) is 0 Å². The van der Waals surface area contributed by atoms with Gasteiger partial charge in [-0.05, 0) is 48.5 Å². The summed E-state index contributed by atoms with van der Waals surface area (Å²) in [5.74, 6) is -0.747. The van der Waals surface area contributed by atoms with E-state index in [-0.39, 0.29) is 11.3 Å². The van der Waals surface area contributed by atoms with Gasteiger partial charge in [0.15, 0.2) is 0 Å². The number of hydrogen-bond donors (Lipinski definition) is 1. The Morgan fingerprint density at radius 2 is 1.29 bits per heavy atom. The van der Waals surface area contributed by atoms with Crippen LogP contribution in [0.5, 0.6) is 17.2 Å². The third-order valence-electron chi connectivity index (χ3n) is 2.39. The van der Waals surface area contributed by atoms with Gasteiger partial charge in [-0.25, -0.2) is 4.79 Å². The van der Waals surface area contributed by atoms with Gasteiger partial charge < -0.3 is 14.6 Å². The van der Waals surface area contributed by atoms with Gasteiger partial charge >= 0.3 is 12.3 Å². The maximum Gasteiger partial charge on any atom is 0.573 e. The van der Waals surface area contributed by atoms with Crippen molar-refractivity contribution in [1.82, 2.24) is 0 Å². The summed E-state index contributed by atoms with van der Waals surface area (Å²) >= 11 is 0. The van der Waals surface area contributed by atoms with Crippen molar-refractivity contribution < 1.29 is 32.5 Å². The van der Waals surface area contributed by atoms with Crippen LogP contribution in [0.15, 0.2) is 48.5 Å². The first kappa shape index (κ1) is 14.7. The molecule has 0 aliphatic carbocycles. The van der Waals surface area contributed by atoms with E-state index < -0.39 is 12.3 Å². The largest absolute Gasteiger partial charge is 0.573 e. The molecule has 7 heteroatoms. The average Bonchev–Trinajstić information content (AvgIpc) is 2.40. The van der Waals surface area contributed by atoms with Gasteiger partial charge in [-0.3, -0.25) is 0 Å². The van der Waals surface area contributed by atoms with Crippen molar-refractivity contribution >= 4 is 5.97 Å². The number of carboxylic acids is 1. The molecule has 0 aliphatic rings. The predicted molar refractivity (Wildman–Crippen MR) is 66.6 cm³/mol. The van der Waals surface area contributed by atoms with Crippen LogP contribution in [0.2, 0.25) is 0 Å². The highest BCUT2D eigenvalue weighted by molar-refractivity contribution is 5.87. The van der Waals surface area contributed by atoms with Crippen LogP contribution in [0.1, 0.15) is 10.4 Å². The normalized spacial score (nSPS) is 11.0. The lowest BCUT2D eigenvalue weighted by atomic mass is 10.2. The van der Waals surface area contributed by atoms with Gasteiger partial charge in [0.05, 0.1) is 5.56 Å². The van der Waals surface area contributed by atoms with E-state index in [4.69, 9.17) is 9.84 Å². The summed E-state index contributed by atoms with van der Waals surface area (Å²) in [5.41, 5.74) is 0.108. The molecule has 110 valence electrons. The molecule has 21 heavy (non-hydrogen) atoms. The summed E-state index contributed by atoms with van der Waals surface area (Å²) in [6.07, 6.45) is -4.74. The Hall–Kier alpha value is -2.70. The third-order valence-corrected chi connectivity index (χ3v) is 2.39. The van der Waals surface area contributed by atoms with E-state index in [1.807, 2.05) is 0 Å². The molecule has 0 unspecified atom stereocenters. The number of ether oxygens (including phenoxy) is 2. The smallest absolute Gasteiger partial charge is 0.478 e. The van der Waals surface area contributed by atoms with Crippen molar-refractivity contribution in [2.24, 2.45) is 0 Å². The Morgan fingerprint density at radius 1 is 0.857 bits per heavy atom. The Balaban J connectivity index is 2.04. The zero-order valence-corrected chi connectivity index (χ0v) is 10.4. The van der Waals surface area contributed by atoms with Crippen molar-refractivity contribution in [3.05, 3.63) is 54.1 Å². The molecule has 0 atom stereocenters. The molecule has 2 aromatic rings. The lowest BCUT2D eigenvalue weighted by molar-refractivity contribution is -0.274.